The van der Waals surface area contributed by atoms with Crippen molar-refractivity contribution in [3.8, 4) is 11.6 Å². The predicted octanol–water partition coefficient (Wildman–Crippen LogP) is 4.20. The van der Waals surface area contributed by atoms with Crippen LogP contribution in [0.3, 0.4) is 0 Å². The van der Waals surface area contributed by atoms with Crippen LogP contribution in [0, 0.1) is 11.6 Å². The number of fused-ring (bicyclic) bond motifs is 1. The van der Waals surface area contributed by atoms with E-state index >= 15 is 4.39 Å². The molecule has 41 heavy (non-hydrogen) atoms. The topological polar surface area (TPSA) is 134 Å². The van der Waals surface area contributed by atoms with Crippen molar-refractivity contribution in [2.24, 2.45) is 0 Å². The molecular weight excluding hydrogens is 560 g/mol. The van der Waals surface area contributed by atoms with Crippen LogP contribution in [-0.4, -0.2) is 62.3 Å². The lowest BCUT2D eigenvalue weighted by Gasteiger charge is -2.12. The minimum atomic E-state index is -3.88. The van der Waals surface area contributed by atoms with Crippen molar-refractivity contribution < 1.29 is 36.2 Å². The third kappa shape index (κ3) is 7.08. The average molecular weight is 590 g/mol. The van der Waals surface area contributed by atoms with Gasteiger partial charge in [0.15, 0.2) is 11.5 Å². The van der Waals surface area contributed by atoms with Gasteiger partial charge in [0.05, 0.1) is 49.0 Å². The van der Waals surface area contributed by atoms with Crippen LogP contribution in [0.5, 0.6) is 11.6 Å². The summed E-state index contributed by atoms with van der Waals surface area (Å²) in [7, 11) is -0.770. The zero-order chi connectivity index (χ0) is 29.6. The Bertz CT molecular complexity index is 1640. The Hall–Kier alpha value is -4.30. The lowest BCUT2D eigenvalue weighted by molar-refractivity contribution is 0.101. The molecule has 0 aliphatic carbocycles. The van der Waals surface area contributed by atoms with E-state index < -0.39 is 38.8 Å². The molecule has 2 heterocycles. The number of methoxy groups -OCH3 is 2. The van der Waals surface area contributed by atoms with Crippen LogP contribution >= 0.6 is 0 Å². The van der Waals surface area contributed by atoms with Crippen LogP contribution in [0.1, 0.15) is 29.3 Å². The fraction of sp³-hybridized carbons (Fsp3) is 0.296. The van der Waals surface area contributed by atoms with Crippen molar-refractivity contribution in [3.63, 3.8) is 0 Å². The molecule has 0 bridgehead atoms. The summed E-state index contributed by atoms with van der Waals surface area (Å²) in [4.78, 5) is 17.4. The summed E-state index contributed by atoms with van der Waals surface area (Å²) in [6.07, 6.45) is 1.60. The molecule has 0 saturated heterocycles. The van der Waals surface area contributed by atoms with E-state index in [0.717, 1.165) is 17.7 Å². The van der Waals surface area contributed by atoms with Crippen molar-refractivity contribution in [2.75, 3.05) is 43.2 Å². The van der Waals surface area contributed by atoms with Gasteiger partial charge in [0.1, 0.15) is 23.7 Å². The molecule has 2 N–H and O–H groups in total. The van der Waals surface area contributed by atoms with Gasteiger partial charge in [0.2, 0.25) is 15.9 Å². The third-order valence-corrected chi connectivity index (χ3v) is 7.36. The molecule has 2 aromatic heterocycles. The molecule has 218 valence electrons. The van der Waals surface area contributed by atoms with Gasteiger partial charge < -0.3 is 19.5 Å². The number of halogens is 2. The van der Waals surface area contributed by atoms with E-state index in [9.17, 15) is 17.6 Å². The number of hydrogen-bond acceptors (Lipinski definition) is 8. The average Bonchev–Trinajstić information content (AvgIpc) is 3.27. The van der Waals surface area contributed by atoms with Crippen LogP contribution in [0.15, 0.2) is 48.7 Å². The smallest absolute Gasteiger partial charge is 0.261 e. The molecule has 0 aliphatic rings. The summed E-state index contributed by atoms with van der Waals surface area (Å²) in [5, 5.41) is 7.38. The molecule has 0 unspecified atom stereocenters. The minimum absolute atomic E-state index is 0.110. The van der Waals surface area contributed by atoms with Gasteiger partial charge in [-0.05, 0) is 42.3 Å². The fourth-order valence-electron chi connectivity index (χ4n) is 3.96. The largest absolute Gasteiger partial charge is 0.497 e. The Labute approximate surface area is 235 Å². The second-order valence-corrected chi connectivity index (χ2v) is 10.7. The number of sulfonamides is 1. The molecular formula is C27H29F2N5O6S. The molecule has 0 atom stereocenters. The molecule has 0 radical (unpaired) electrons. The van der Waals surface area contributed by atoms with Crippen LogP contribution in [-0.2, 0) is 21.3 Å². The van der Waals surface area contributed by atoms with E-state index in [1.165, 1.54) is 19.4 Å². The van der Waals surface area contributed by atoms with Gasteiger partial charge in [-0.2, -0.15) is 0 Å². The Kier molecular flexibility index (Phi) is 9.35. The van der Waals surface area contributed by atoms with Gasteiger partial charge >= 0.3 is 0 Å². The van der Waals surface area contributed by atoms with E-state index in [-0.39, 0.29) is 30.3 Å². The van der Waals surface area contributed by atoms with Crippen molar-refractivity contribution in [1.82, 2.24) is 14.8 Å². The monoisotopic (exact) mass is 589 g/mol. The minimum Gasteiger partial charge on any atom is -0.497 e. The number of carbonyl (C=O) groups is 1. The Morgan fingerprint density at radius 1 is 1.07 bits per heavy atom. The quantitative estimate of drug-likeness (QED) is 0.222. The van der Waals surface area contributed by atoms with E-state index in [0.29, 0.717) is 29.9 Å². The molecule has 0 aliphatic heterocycles. The van der Waals surface area contributed by atoms with E-state index in [1.54, 1.807) is 18.7 Å². The number of nitrogens with zero attached hydrogens (tertiary/aromatic N) is 3. The third-order valence-electron chi connectivity index (χ3n) is 5.89. The summed E-state index contributed by atoms with van der Waals surface area (Å²) >= 11 is 0. The van der Waals surface area contributed by atoms with E-state index in [4.69, 9.17) is 14.2 Å². The highest BCUT2D eigenvalue weighted by Crippen LogP contribution is 2.29. The number of pyridine rings is 1. The summed E-state index contributed by atoms with van der Waals surface area (Å²) in [5.74, 6) is -2.98. The van der Waals surface area contributed by atoms with Gasteiger partial charge in [0.25, 0.3) is 5.91 Å². The van der Waals surface area contributed by atoms with Gasteiger partial charge in [-0.1, -0.05) is 19.1 Å². The highest BCUT2D eigenvalue weighted by Gasteiger charge is 2.24. The number of aromatic nitrogens is 3. The molecule has 4 rings (SSSR count). The summed E-state index contributed by atoms with van der Waals surface area (Å²) in [5.41, 5.74) is -0.0197. The second kappa shape index (κ2) is 12.9. The Morgan fingerprint density at radius 3 is 2.51 bits per heavy atom. The number of anilines is 2. The number of carbonyl (C=O) groups excluding carboxylic acids is 1. The molecule has 4 aromatic rings. The van der Waals surface area contributed by atoms with E-state index in [2.05, 4.69) is 20.1 Å². The van der Waals surface area contributed by atoms with Crippen molar-refractivity contribution in [3.05, 3.63) is 71.4 Å². The maximum Gasteiger partial charge on any atom is 0.261 e. The maximum atomic E-state index is 15.1. The lowest BCUT2D eigenvalue weighted by atomic mass is 10.1. The molecule has 1 amide bonds. The first-order valence-electron chi connectivity index (χ1n) is 12.6. The summed E-state index contributed by atoms with van der Waals surface area (Å²) in [6, 6.07) is 10.7. The van der Waals surface area contributed by atoms with Crippen LogP contribution in [0.2, 0.25) is 0 Å². The summed E-state index contributed by atoms with van der Waals surface area (Å²) < 4.78 is 73.5. The van der Waals surface area contributed by atoms with Crippen LogP contribution in [0.25, 0.3) is 11.0 Å². The number of amides is 1. The zero-order valence-corrected chi connectivity index (χ0v) is 23.4. The predicted molar refractivity (Wildman–Crippen MR) is 149 cm³/mol. The number of nitrogens with one attached hydrogen (secondary N) is 2. The highest BCUT2D eigenvalue weighted by atomic mass is 32.2. The first kappa shape index (κ1) is 29.7. The number of hydrogen-bond donors (Lipinski definition) is 2. The molecule has 0 saturated carbocycles. The summed E-state index contributed by atoms with van der Waals surface area (Å²) in [6.45, 7) is 2.48. The zero-order valence-electron chi connectivity index (χ0n) is 22.6. The first-order chi connectivity index (χ1) is 19.7. The molecule has 2 aromatic carbocycles. The van der Waals surface area contributed by atoms with Crippen molar-refractivity contribution >= 4 is 38.3 Å². The first-order valence-corrected chi connectivity index (χ1v) is 14.2. The normalized spacial score (nSPS) is 11.4. The van der Waals surface area contributed by atoms with Crippen LogP contribution in [0.4, 0.5) is 20.2 Å². The Morgan fingerprint density at radius 2 is 1.83 bits per heavy atom. The van der Waals surface area contributed by atoms with Gasteiger partial charge in [-0.3, -0.25) is 9.52 Å². The maximum absolute atomic E-state index is 15.1. The molecule has 11 nitrogen and oxygen atoms in total. The fourth-order valence-corrected chi connectivity index (χ4v) is 5.09. The van der Waals surface area contributed by atoms with Crippen molar-refractivity contribution in [1.29, 1.82) is 0 Å². The number of ether oxygens (including phenoxy) is 3. The van der Waals surface area contributed by atoms with E-state index in [1.807, 2.05) is 24.3 Å². The van der Waals surface area contributed by atoms with Gasteiger partial charge in [-0.15, -0.1) is 5.10 Å². The van der Waals surface area contributed by atoms with Gasteiger partial charge in [0, 0.05) is 7.11 Å². The number of benzene rings is 2. The lowest BCUT2D eigenvalue weighted by Crippen LogP contribution is -2.20. The highest BCUT2D eigenvalue weighted by molar-refractivity contribution is 7.92. The van der Waals surface area contributed by atoms with Gasteiger partial charge in [-0.25, -0.2) is 26.9 Å². The standard InChI is InChI=1S/C27H29F2N5O6S/c1-4-13-41(36,37)33-22-10-9-21(28)23(24(22)29)26(35)31-18-14-20-25(30-15-18)34(32-27(20)40-12-11-38-2)16-17-5-7-19(39-3)8-6-17/h5-10,14-15,33H,4,11-13,16H2,1-3H3,(H,31,35). The Balaban J connectivity index is 1.64. The second-order valence-electron chi connectivity index (χ2n) is 8.91. The van der Waals surface area contributed by atoms with Crippen molar-refractivity contribution in [2.45, 2.75) is 19.9 Å². The molecule has 0 fully saturated rings. The number of rotatable bonds is 13. The SMILES string of the molecule is CCCS(=O)(=O)Nc1ccc(F)c(C(=O)Nc2cnc3c(c2)c(OCCOC)nn3Cc2ccc(OC)cc2)c1F. The van der Waals surface area contributed by atoms with Crippen LogP contribution < -0.4 is 19.5 Å². The molecule has 0 spiro atoms. The molecule has 14 heteroatoms.